The van der Waals surface area contributed by atoms with Crippen LogP contribution in [0, 0.1) is 5.92 Å². The molecule has 0 unspecified atom stereocenters. The van der Waals surface area contributed by atoms with E-state index in [1.54, 1.807) is 0 Å². The van der Waals surface area contributed by atoms with E-state index in [1.807, 2.05) is 0 Å². The van der Waals surface area contributed by atoms with E-state index in [1.165, 1.54) is 0 Å². The number of halogens is 5. The van der Waals surface area contributed by atoms with Gasteiger partial charge < -0.3 is 0 Å². The zero-order valence-electron chi connectivity index (χ0n) is 7.76. The van der Waals surface area contributed by atoms with Crippen molar-refractivity contribution in [2.45, 2.75) is 31.6 Å². The molecule has 0 fully saturated rings. The van der Waals surface area contributed by atoms with Gasteiger partial charge in [0, 0.05) is 5.92 Å². The minimum absolute atomic E-state index is 1.14. The van der Waals surface area contributed by atoms with Gasteiger partial charge in [0.2, 0.25) is 0 Å². The average molecular weight is 230 g/mol. The number of alkyl halides is 5. The maximum atomic E-state index is 13.1. The van der Waals surface area contributed by atoms with Crippen molar-refractivity contribution in [2.24, 2.45) is 26.6 Å². The Labute approximate surface area is 81.2 Å². The second kappa shape index (κ2) is 3.17. The van der Waals surface area contributed by atoms with Crippen LogP contribution in [0.15, 0.2) is 20.7 Å². The molecule has 0 amide bonds. The largest absolute Gasteiger partial charge is 0.458 e. The molecule has 1 rings (SSSR count). The van der Waals surface area contributed by atoms with Crippen molar-refractivity contribution < 1.29 is 22.0 Å². The van der Waals surface area contributed by atoms with Crippen LogP contribution in [0.1, 0.15) is 13.8 Å². The highest BCUT2D eigenvalue weighted by Gasteiger charge is 2.74. The summed E-state index contributed by atoms with van der Waals surface area (Å²) in [4.78, 5) is 0. The van der Waals surface area contributed by atoms with Gasteiger partial charge in [-0.3, -0.25) is 0 Å². The van der Waals surface area contributed by atoms with Gasteiger partial charge in [0.15, 0.2) is 0 Å². The third-order valence-electron chi connectivity index (χ3n) is 2.06. The Bertz CT molecular complexity index is 293. The van der Waals surface area contributed by atoms with Gasteiger partial charge in [-0.05, 0) is 10.4 Å². The van der Waals surface area contributed by atoms with E-state index in [-0.39, 0.29) is 0 Å². The molecule has 86 valence electrons. The lowest BCUT2D eigenvalue weighted by atomic mass is 9.90. The van der Waals surface area contributed by atoms with Crippen LogP contribution in [0.25, 0.3) is 0 Å². The van der Waals surface area contributed by atoms with Crippen LogP contribution < -0.4 is 0 Å². The SMILES string of the molecule is CC(C)C1(C(F)(F)C(F)(F)F)N=NN=N1. The van der Waals surface area contributed by atoms with E-state index in [2.05, 4.69) is 20.7 Å². The molecule has 9 heteroatoms. The van der Waals surface area contributed by atoms with Gasteiger partial charge in [-0.2, -0.15) is 22.0 Å². The fourth-order valence-corrected chi connectivity index (χ4v) is 1.12. The van der Waals surface area contributed by atoms with Crippen LogP contribution in [-0.4, -0.2) is 17.8 Å². The predicted molar refractivity (Wildman–Crippen MR) is 38.3 cm³/mol. The van der Waals surface area contributed by atoms with Gasteiger partial charge in [0.25, 0.3) is 5.66 Å². The standard InChI is InChI=1S/C6H7F5N4/c1-3(2)4(12-14-15-13-4)5(7,8)6(9,10)11/h3H,1-2H3. The molecule has 0 saturated heterocycles. The zero-order valence-corrected chi connectivity index (χ0v) is 7.76. The molecule has 0 aromatic rings. The lowest BCUT2D eigenvalue weighted by molar-refractivity contribution is -0.311. The summed E-state index contributed by atoms with van der Waals surface area (Å²) in [5, 5.41) is 11.1. The third kappa shape index (κ3) is 1.49. The molecule has 1 heterocycles. The number of hydrogen-bond acceptors (Lipinski definition) is 4. The second-order valence-corrected chi connectivity index (χ2v) is 3.33. The molecule has 0 aromatic carbocycles. The molecule has 0 saturated carbocycles. The fraction of sp³-hybridized carbons (Fsp3) is 1.00. The predicted octanol–water partition coefficient (Wildman–Crippen LogP) is 3.37. The molecular weight excluding hydrogens is 223 g/mol. The third-order valence-corrected chi connectivity index (χ3v) is 2.06. The minimum Gasteiger partial charge on any atom is -0.191 e. The van der Waals surface area contributed by atoms with E-state index < -0.39 is 23.7 Å². The molecule has 4 nitrogen and oxygen atoms in total. The Balaban J connectivity index is 3.23. The maximum absolute atomic E-state index is 13.1. The topological polar surface area (TPSA) is 49.4 Å². The van der Waals surface area contributed by atoms with Crippen LogP contribution in [0.4, 0.5) is 22.0 Å². The normalized spacial score (nSPS) is 20.3. The summed E-state index contributed by atoms with van der Waals surface area (Å²) in [5.74, 6) is -6.26. The Morgan fingerprint density at radius 2 is 1.33 bits per heavy atom. The molecule has 0 bridgehead atoms. The van der Waals surface area contributed by atoms with Crippen molar-refractivity contribution in [3.63, 3.8) is 0 Å². The number of nitrogens with zero attached hydrogens (tertiary/aromatic N) is 4. The van der Waals surface area contributed by atoms with Crippen LogP contribution >= 0.6 is 0 Å². The van der Waals surface area contributed by atoms with Crippen LogP contribution in [0.3, 0.4) is 0 Å². The minimum atomic E-state index is -5.74. The first kappa shape index (κ1) is 11.9. The van der Waals surface area contributed by atoms with Gasteiger partial charge in [-0.1, -0.05) is 13.8 Å². The van der Waals surface area contributed by atoms with E-state index in [0.717, 1.165) is 13.8 Å². The van der Waals surface area contributed by atoms with Crippen LogP contribution in [-0.2, 0) is 0 Å². The molecule has 0 aliphatic carbocycles. The second-order valence-electron chi connectivity index (χ2n) is 3.33. The zero-order chi connectivity index (χ0) is 11.9. The first-order valence-electron chi connectivity index (χ1n) is 3.94. The van der Waals surface area contributed by atoms with Gasteiger partial charge >= 0.3 is 12.1 Å². The van der Waals surface area contributed by atoms with E-state index >= 15 is 0 Å². The molecule has 15 heavy (non-hydrogen) atoms. The highest BCUT2D eigenvalue weighted by atomic mass is 19.4. The Morgan fingerprint density at radius 3 is 1.60 bits per heavy atom. The Hall–Kier alpha value is -1.15. The van der Waals surface area contributed by atoms with Crippen molar-refractivity contribution in [2.75, 3.05) is 0 Å². The van der Waals surface area contributed by atoms with Crippen molar-refractivity contribution in [1.29, 1.82) is 0 Å². The quantitative estimate of drug-likeness (QED) is 0.653. The summed E-state index contributed by atoms with van der Waals surface area (Å²) in [6.45, 7) is 2.28. The number of hydrogen-bond donors (Lipinski definition) is 0. The summed E-state index contributed by atoms with van der Waals surface area (Å²) in [5.41, 5.74) is -2.97. The van der Waals surface area contributed by atoms with Gasteiger partial charge in [0.05, 0.1) is 0 Å². The molecular formula is C6H7F5N4. The lowest BCUT2D eigenvalue weighted by Crippen LogP contribution is -2.56. The molecule has 0 atom stereocenters. The molecule has 0 radical (unpaired) electrons. The van der Waals surface area contributed by atoms with Crippen molar-refractivity contribution >= 4 is 0 Å². The van der Waals surface area contributed by atoms with Crippen molar-refractivity contribution in [3.05, 3.63) is 0 Å². The molecule has 1 aliphatic heterocycles. The smallest absolute Gasteiger partial charge is 0.191 e. The Kier molecular flexibility index (Phi) is 2.52. The first-order valence-corrected chi connectivity index (χ1v) is 3.94. The first-order chi connectivity index (χ1) is 6.65. The monoisotopic (exact) mass is 230 g/mol. The molecule has 0 N–H and O–H groups in total. The molecule has 1 aliphatic rings. The molecule has 0 aromatic heterocycles. The van der Waals surface area contributed by atoms with Crippen molar-refractivity contribution in [1.82, 2.24) is 0 Å². The number of rotatable bonds is 2. The molecule has 0 spiro atoms. The highest BCUT2D eigenvalue weighted by Crippen LogP contribution is 2.51. The average Bonchev–Trinajstić information content (AvgIpc) is 2.50. The van der Waals surface area contributed by atoms with Gasteiger partial charge in [-0.25, -0.2) is 0 Å². The highest BCUT2D eigenvalue weighted by molar-refractivity contribution is 5.04. The van der Waals surface area contributed by atoms with E-state index in [4.69, 9.17) is 0 Å². The lowest BCUT2D eigenvalue weighted by Gasteiger charge is -2.33. The van der Waals surface area contributed by atoms with Gasteiger partial charge in [-0.15, -0.1) is 10.2 Å². The summed E-state index contributed by atoms with van der Waals surface area (Å²) in [7, 11) is 0. The van der Waals surface area contributed by atoms with E-state index in [0.29, 0.717) is 0 Å². The van der Waals surface area contributed by atoms with Crippen LogP contribution in [0.5, 0.6) is 0 Å². The van der Waals surface area contributed by atoms with Crippen LogP contribution in [0.2, 0.25) is 0 Å². The summed E-state index contributed by atoms with van der Waals surface area (Å²) in [6, 6.07) is 0. The summed E-state index contributed by atoms with van der Waals surface area (Å²) >= 11 is 0. The fourth-order valence-electron chi connectivity index (χ4n) is 1.12. The van der Waals surface area contributed by atoms with E-state index in [9.17, 15) is 22.0 Å². The maximum Gasteiger partial charge on any atom is 0.458 e. The summed E-state index contributed by atoms with van der Waals surface area (Å²) < 4.78 is 62.6. The van der Waals surface area contributed by atoms with Gasteiger partial charge in [0.1, 0.15) is 0 Å². The van der Waals surface area contributed by atoms with Crippen molar-refractivity contribution in [3.8, 4) is 0 Å². The summed E-state index contributed by atoms with van der Waals surface area (Å²) in [6.07, 6.45) is -5.74. The Morgan fingerprint density at radius 1 is 0.933 bits per heavy atom.